The van der Waals surface area contributed by atoms with Gasteiger partial charge < -0.3 is 19.7 Å². The van der Waals surface area contributed by atoms with Gasteiger partial charge in [0, 0.05) is 35.0 Å². The van der Waals surface area contributed by atoms with Gasteiger partial charge in [0.15, 0.2) is 22.8 Å². The van der Waals surface area contributed by atoms with Gasteiger partial charge in [-0.1, -0.05) is 41.0 Å². The van der Waals surface area contributed by atoms with Crippen molar-refractivity contribution in [3.63, 3.8) is 0 Å². The highest BCUT2D eigenvalue weighted by Crippen LogP contribution is 2.68. The van der Waals surface area contributed by atoms with E-state index in [1.807, 2.05) is 73.6 Å². The molecule has 2 N–H and O–H groups in total. The summed E-state index contributed by atoms with van der Waals surface area (Å²) in [5.41, 5.74) is 0.856. The van der Waals surface area contributed by atoms with E-state index in [1.165, 1.54) is 0 Å². The molecular formula is C33H40O6. The third-order valence-corrected chi connectivity index (χ3v) is 8.92. The molecule has 1 aromatic rings. The molecule has 1 aromatic carbocycles. The summed E-state index contributed by atoms with van der Waals surface area (Å²) in [7, 11) is 0. The first kappa shape index (κ1) is 27.4. The Morgan fingerprint density at radius 2 is 1.51 bits per heavy atom. The van der Waals surface area contributed by atoms with Gasteiger partial charge in [0.05, 0.1) is 5.60 Å². The molecule has 2 heterocycles. The number of ether oxygens (including phenoxy) is 2. The van der Waals surface area contributed by atoms with Crippen LogP contribution in [0.3, 0.4) is 0 Å². The number of phenols is 2. The normalized spacial score (nSPS) is 29.2. The van der Waals surface area contributed by atoms with Gasteiger partial charge in [-0.25, -0.2) is 0 Å². The number of allylic oxidation sites excluding steroid dienone is 6. The number of hydrogen-bond donors (Lipinski definition) is 2. The highest BCUT2D eigenvalue weighted by atomic mass is 16.6. The zero-order valence-corrected chi connectivity index (χ0v) is 24.3. The van der Waals surface area contributed by atoms with E-state index in [9.17, 15) is 19.8 Å². The Morgan fingerprint density at radius 1 is 0.923 bits per heavy atom. The highest BCUT2D eigenvalue weighted by Gasteiger charge is 2.81. The molecule has 39 heavy (non-hydrogen) atoms. The smallest absolute Gasteiger partial charge is 0.200 e. The zero-order chi connectivity index (χ0) is 28.7. The Balaban J connectivity index is 1.82. The summed E-state index contributed by atoms with van der Waals surface area (Å²) >= 11 is 0. The van der Waals surface area contributed by atoms with E-state index < -0.39 is 22.7 Å². The van der Waals surface area contributed by atoms with Crippen molar-refractivity contribution in [2.45, 2.75) is 97.9 Å². The molecule has 1 saturated carbocycles. The van der Waals surface area contributed by atoms with Crippen LogP contribution >= 0.6 is 0 Å². The van der Waals surface area contributed by atoms with Gasteiger partial charge >= 0.3 is 0 Å². The van der Waals surface area contributed by atoms with Crippen LogP contribution in [0.1, 0.15) is 89.7 Å². The van der Waals surface area contributed by atoms with Gasteiger partial charge in [-0.3, -0.25) is 9.59 Å². The van der Waals surface area contributed by atoms with Crippen molar-refractivity contribution < 1.29 is 29.3 Å². The molecule has 1 unspecified atom stereocenters. The van der Waals surface area contributed by atoms with Gasteiger partial charge in [0.25, 0.3) is 0 Å². The Bertz CT molecular complexity index is 1410. The van der Waals surface area contributed by atoms with Crippen molar-refractivity contribution in [1.82, 2.24) is 0 Å². The van der Waals surface area contributed by atoms with Crippen molar-refractivity contribution >= 4 is 11.6 Å². The monoisotopic (exact) mass is 532 g/mol. The molecule has 3 aliphatic carbocycles. The largest absolute Gasteiger partial charge is 0.507 e. The van der Waals surface area contributed by atoms with Gasteiger partial charge in [0.1, 0.15) is 22.8 Å². The third kappa shape index (κ3) is 3.71. The molecule has 6 rings (SSSR count). The van der Waals surface area contributed by atoms with Crippen molar-refractivity contribution in [2.75, 3.05) is 0 Å². The molecule has 6 nitrogen and oxygen atoms in total. The average molecular weight is 533 g/mol. The van der Waals surface area contributed by atoms with E-state index in [2.05, 4.69) is 0 Å². The third-order valence-electron chi connectivity index (χ3n) is 8.92. The minimum Gasteiger partial charge on any atom is -0.507 e. The maximum Gasteiger partial charge on any atom is 0.200 e. The topological polar surface area (TPSA) is 93.1 Å². The van der Waals surface area contributed by atoms with Crippen LogP contribution in [-0.2, 0) is 22.4 Å². The second-order valence-corrected chi connectivity index (χ2v) is 12.9. The predicted molar refractivity (Wildman–Crippen MR) is 150 cm³/mol. The Hall–Kier alpha value is -3.12. The Morgan fingerprint density at radius 3 is 2.10 bits per heavy atom. The number of phenolic OH excluding ortho intramolecular Hbond substituents is 2. The maximum atomic E-state index is 14.5. The van der Waals surface area contributed by atoms with E-state index in [1.54, 1.807) is 6.08 Å². The van der Waals surface area contributed by atoms with Crippen LogP contribution in [0.15, 0.2) is 46.6 Å². The second-order valence-electron chi connectivity index (χ2n) is 12.9. The lowest BCUT2D eigenvalue weighted by Gasteiger charge is -2.56. The Labute approximate surface area is 231 Å². The van der Waals surface area contributed by atoms with Gasteiger partial charge in [-0.15, -0.1) is 0 Å². The molecule has 4 atom stereocenters. The number of hydrogen-bond acceptors (Lipinski definition) is 6. The molecule has 0 aromatic heterocycles. The molecule has 2 aliphatic heterocycles. The number of aromatic hydroxyl groups is 2. The van der Waals surface area contributed by atoms with Crippen LogP contribution in [0.25, 0.3) is 0 Å². The first-order valence-electron chi connectivity index (χ1n) is 13.9. The number of Topliss-reactive ketones (excluding diaryl/α,β-unsaturated/α-hetero) is 2. The van der Waals surface area contributed by atoms with Gasteiger partial charge in [0.2, 0.25) is 0 Å². The van der Waals surface area contributed by atoms with E-state index in [0.717, 1.165) is 16.7 Å². The minimum atomic E-state index is -1.38. The van der Waals surface area contributed by atoms with Gasteiger partial charge in [-0.05, 0) is 74.7 Å². The Kier molecular flexibility index (Phi) is 6.30. The molecule has 0 amide bonds. The number of benzene rings is 1. The van der Waals surface area contributed by atoms with Crippen LogP contribution in [0, 0.1) is 11.8 Å². The maximum absolute atomic E-state index is 14.5. The highest BCUT2D eigenvalue weighted by molar-refractivity contribution is 6.18. The summed E-state index contributed by atoms with van der Waals surface area (Å²) < 4.78 is 13.7. The lowest BCUT2D eigenvalue weighted by atomic mass is 9.51. The molecule has 0 radical (unpaired) electrons. The summed E-state index contributed by atoms with van der Waals surface area (Å²) in [6.45, 7) is 15.7. The van der Waals surface area contributed by atoms with Crippen molar-refractivity contribution in [2.24, 2.45) is 11.8 Å². The molecule has 2 fully saturated rings. The quantitative estimate of drug-likeness (QED) is 0.408. The number of carbonyl (C=O) groups excluding carboxylic acids is 2. The lowest BCUT2D eigenvalue weighted by Crippen LogP contribution is -2.72. The van der Waals surface area contributed by atoms with E-state index in [0.29, 0.717) is 29.5 Å². The summed E-state index contributed by atoms with van der Waals surface area (Å²) in [6, 6.07) is 0. The second kappa shape index (κ2) is 8.95. The molecule has 5 aliphatic rings. The fourth-order valence-corrected chi connectivity index (χ4v) is 7.10. The van der Waals surface area contributed by atoms with E-state index in [-0.39, 0.29) is 53.1 Å². The molecule has 4 bridgehead atoms. The summed E-state index contributed by atoms with van der Waals surface area (Å²) in [6.07, 6.45) is 9.00. The first-order valence-corrected chi connectivity index (χ1v) is 13.9. The van der Waals surface area contributed by atoms with Gasteiger partial charge in [-0.2, -0.15) is 0 Å². The summed E-state index contributed by atoms with van der Waals surface area (Å²) in [4.78, 5) is 28.5. The van der Waals surface area contributed by atoms with Crippen molar-refractivity contribution in [3.05, 3.63) is 63.3 Å². The molecule has 208 valence electrons. The van der Waals surface area contributed by atoms with Crippen molar-refractivity contribution in [3.8, 4) is 17.2 Å². The van der Waals surface area contributed by atoms with E-state index >= 15 is 0 Å². The molecule has 1 spiro atoms. The van der Waals surface area contributed by atoms with Crippen LogP contribution in [-0.4, -0.2) is 38.6 Å². The fourth-order valence-electron chi connectivity index (χ4n) is 7.10. The zero-order valence-electron chi connectivity index (χ0n) is 24.3. The van der Waals surface area contributed by atoms with E-state index in [4.69, 9.17) is 9.47 Å². The predicted octanol–water partition coefficient (Wildman–Crippen LogP) is 6.48. The van der Waals surface area contributed by atoms with Crippen LogP contribution in [0.2, 0.25) is 0 Å². The summed E-state index contributed by atoms with van der Waals surface area (Å²) in [5, 5.41) is 23.0. The standard InChI is InChI=1S/C33H40O6/c1-17(2)9-11-21-26(34)22(12-10-18(3)4)29-25(27(21)35)28(36)23-15-20-16-24-31(7,8)39-32(30(20)37,14-13-19(5)6)33(23,24)38-29/h9-10,13,15,20,24,34-35H,11-12,14,16H2,1-8H3/t20-,24?,32+,33-/m0/s1. The van der Waals surface area contributed by atoms with Crippen LogP contribution < -0.4 is 4.74 Å². The van der Waals surface area contributed by atoms with Crippen molar-refractivity contribution in [1.29, 1.82) is 0 Å². The van der Waals surface area contributed by atoms with Crippen LogP contribution in [0.4, 0.5) is 0 Å². The summed E-state index contributed by atoms with van der Waals surface area (Å²) in [5.74, 6) is -1.33. The first-order chi connectivity index (χ1) is 18.2. The molecular weight excluding hydrogens is 492 g/mol. The number of fused-ring (bicyclic) bond motifs is 1. The number of carbonyl (C=O) groups is 2. The van der Waals surface area contributed by atoms with Crippen LogP contribution in [0.5, 0.6) is 17.2 Å². The molecule has 6 heteroatoms. The number of rotatable bonds is 6. The average Bonchev–Trinajstić information content (AvgIpc) is 2.99. The minimum absolute atomic E-state index is 0.0635. The fraction of sp³-hybridized carbons (Fsp3) is 0.515. The number of ketones is 2. The molecule has 1 saturated heterocycles. The SMILES string of the molecule is CC(C)=CCc1c(O)c(CC=C(C)C)c2c(c1O)C(=O)C1=C[C@H]3CC4C(C)(C)O[C@](CC=C(C)C)(C3=O)[C@]14O2. The lowest BCUT2D eigenvalue weighted by molar-refractivity contribution is -0.171.